The Balaban J connectivity index is 1.67. The average Bonchev–Trinajstić information content (AvgIpc) is 2.98. The number of nitrogens with zero attached hydrogens (tertiary/aromatic N) is 2. The highest BCUT2D eigenvalue weighted by Crippen LogP contribution is 2.40. The van der Waals surface area contributed by atoms with Crippen LogP contribution in [0.5, 0.6) is 0 Å². The Morgan fingerprint density at radius 1 is 1.26 bits per heavy atom. The van der Waals surface area contributed by atoms with Crippen LogP contribution < -0.4 is 0 Å². The van der Waals surface area contributed by atoms with Crippen molar-refractivity contribution in [2.75, 3.05) is 13.7 Å². The summed E-state index contributed by atoms with van der Waals surface area (Å²) in [6.45, 7) is 2.95. The van der Waals surface area contributed by atoms with Crippen LogP contribution in [0, 0.1) is 0 Å². The molecule has 2 heterocycles. The van der Waals surface area contributed by atoms with Gasteiger partial charge in [0.2, 0.25) is 0 Å². The molecule has 0 amide bonds. The fourth-order valence-corrected chi connectivity index (χ4v) is 4.10. The van der Waals surface area contributed by atoms with Gasteiger partial charge in [0.25, 0.3) is 0 Å². The summed E-state index contributed by atoms with van der Waals surface area (Å²) < 4.78 is 7.26. The Hall–Kier alpha value is -2.07. The summed E-state index contributed by atoms with van der Waals surface area (Å²) in [6.07, 6.45) is 5.30. The Bertz CT molecular complexity index is 720. The van der Waals surface area contributed by atoms with E-state index in [1.165, 1.54) is 30.4 Å². The summed E-state index contributed by atoms with van der Waals surface area (Å²) in [5.41, 5.74) is 4.69. The summed E-state index contributed by atoms with van der Waals surface area (Å²) in [5.74, 6) is -0.197. The Morgan fingerprint density at radius 3 is 2.87 bits per heavy atom. The highest BCUT2D eigenvalue weighted by atomic mass is 16.5. The third-order valence-electron chi connectivity index (χ3n) is 5.15. The first-order chi connectivity index (χ1) is 11.3. The normalized spacial score (nSPS) is 20.1. The number of ether oxygens (including phenoxy) is 1. The maximum atomic E-state index is 12.1. The molecule has 1 aliphatic carbocycles. The van der Waals surface area contributed by atoms with Crippen molar-refractivity contribution in [3.8, 4) is 0 Å². The molecule has 4 nitrogen and oxygen atoms in total. The lowest BCUT2D eigenvalue weighted by atomic mass is 9.89. The van der Waals surface area contributed by atoms with E-state index in [0.717, 1.165) is 38.0 Å². The van der Waals surface area contributed by atoms with Gasteiger partial charge >= 0.3 is 5.97 Å². The molecule has 0 spiro atoms. The van der Waals surface area contributed by atoms with Gasteiger partial charge in [-0.3, -0.25) is 4.90 Å². The summed E-state index contributed by atoms with van der Waals surface area (Å²) in [4.78, 5) is 14.6. The number of methoxy groups -OCH3 is 1. The minimum atomic E-state index is -0.197. The van der Waals surface area contributed by atoms with E-state index in [4.69, 9.17) is 4.74 Å². The van der Waals surface area contributed by atoms with Crippen molar-refractivity contribution < 1.29 is 9.53 Å². The van der Waals surface area contributed by atoms with Gasteiger partial charge < -0.3 is 9.30 Å². The first kappa shape index (κ1) is 14.5. The Kier molecular flexibility index (Phi) is 3.69. The molecule has 23 heavy (non-hydrogen) atoms. The van der Waals surface area contributed by atoms with Crippen LogP contribution in [0.3, 0.4) is 0 Å². The SMILES string of the molecule is COC(=O)c1cn2c3c1CCCC3N(Cc1ccccc1)CC2. The zero-order valence-corrected chi connectivity index (χ0v) is 13.5. The minimum absolute atomic E-state index is 0.197. The second-order valence-corrected chi connectivity index (χ2v) is 6.46. The van der Waals surface area contributed by atoms with Crippen molar-refractivity contribution in [3.63, 3.8) is 0 Å². The molecule has 120 valence electrons. The van der Waals surface area contributed by atoms with Crippen LogP contribution >= 0.6 is 0 Å². The van der Waals surface area contributed by atoms with Crippen molar-refractivity contribution in [3.05, 3.63) is 58.9 Å². The lowest BCUT2D eigenvalue weighted by Crippen LogP contribution is -2.39. The average molecular weight is 310 g/mol. The van der Waals surface area contributed by atoms with Gasteiger partial charge in [0, 0.05) is 31.5 Å². The molecule has 0 radical (unpaired) electrons. The van der Waals surface area contributed by atoms with Crippen LogP contribution in [0.1, 0.15) is 46.1 Å². The molecule has 2 aromatic rings. The van der Waals surface area contributed by atoms with E-state index in [2.05, 4.69) is 39.8 Å². The first-order valence-electron chi connectivity index (χ1n) is 8.36. The third-order valence-corrected chi connectivity index (χ3v) is 5.15. The summed E-state index contributed by atoms with van der Waals surface area (Å²) in [7, 11) is 1.47. The van der Waals surface area contributed by atoms with E-state index in [0.29, 0.717) is 6.04 Å². The van der Waals surface area contributed by atoms with Gasteiger partial charge in [0.1, 0.15) is 0 Å². The topological polar surface area (TPSA) is 34.5 Å². The molecule has 1 unspecified atom stereocenters. The van der Waals surface area contributed by atoms with E-state index in [9.17, 15) is 4.79 Å². The molecule has 0 N–H and O–H groups in total. The number of esters is 1. The molecule has 1 aliphatic heterocycles. The lowest BCUT2D eigenvalue weighted by Gasteiger charge is -2.40. The quantitative estimate of drug-likeness (QED) is 0.817. The van der Waals surface area contributed by atoms with Crippen molar-refractivity contribution in [2.45, 2.75) is 38.4 Å². The molecule has 0 bridgehead atoms. The molecule has 1 aromatic carbocycles. The zero-order valence-electron chi connectivity index (χ0n) is 13.5. The molecular formula is C19H22N2O2. The van der Waals surface area contributed by atoms with E-state index in [1.54, 1.807) is 0 Å². The predicted molar refractivity (Wildman–Crippen MR) is 88.3 cm³/mol. The van der Waals surface area contributed by atoms with Crippen LogP contribution in [0.2, 0.25) is 0 Å². The first-order valence-corrected chi connectivity index (χ1v) is 8.36. The molecule has 0 saturated heterocycles. The van der Waals surface area contributed by atoms with Crippen LogP contribution in [0.15, 0.2) is 36.5 Å². The molecule has 1 atom stereocenters. The Labute approximate surface area is 136 Å². The molecule has 0 saturated carbocycles. The number of rotatable bonds is 3. The predicted octanol–water partition coefficient (Wildman–Crippen LogP) is 3.17. The fraction of sp³-hybridized carbons (Fsp3) is 0.421. The molecule has 0 fully saturated rings. The maximum Gasteiger partial charge on any atom is 0.339 e. The van der Waals surface area contributed by atoms with E-state index in [1.807, 2.05) is 6.20 Å². The number of carbonyl (C=O) groups is 1. The summed E-state index contributed by atoms with van der Waals surface area (Å²) in [5, 5.41) is 0. The molecule has 1 aromatic heterocycles. The zero-order chi connectivity index (χ0) is 15.8. The number of carbonyl (C=O) groups excluding carboxylic acids is 1. The molecule has 4 rings (SSSR count). The smallest absolute Gasteiger partial charge is 0.339 e. The van der Waals surface area contributed by atoms with Crippen molar-refractivity contribution in [1.29, 1.82) is 0 Å². The van der Waals surface area contributed by atoms with Gasteiger partial charge in [-0.1, -0.05) is 30.3 Å². The number of benzene rings is 1. The standard InChI is InChI=1S/C19H22N2O2/c1-23-19(22)16-13-21-11-10-20(12-14-6-3-2-4-7-14)17-9-5-8-15(16)18(17)21/h2-4,6-7,13,17H,5,8-12H2,1H3. The number of aromatic nitrogens is 1. The molecule has 4 heteroatoms. The van der Waals surface area contributed by atoms with Crippen LogP contribution in [-0.4, -0.2) is 29.1 Å². The van der Waals surface area contributed by atoms with Gasteiger partial charge in [-0.15, -0.1) is 0 Å². The van der Waals surface area contributed by atoms with Crippen molar-refractivity contribution in [2.24, 2.45) is 0 Å². The fourth-order valence-electron chi connectivity index (χ4n) is 4.10. The Morgan fingerprint density at radius 2 is 2.09 bits per heavy atom. The van der Waals surface area contributed by atoms with E-state index in [-0.39, 0.29) is 5.97 Å². The second kappa shape index (κ2) is 5.85. The second-order valence-electron chi connectivity index (χ2n) is 6.46. The van der Waals surface area contributed by atoms with E-state index >= 15 is 0 Å². The largest absolute Gasteiger partial charge is 0.465 e. The minimum Gasteiger partial charge on any atom is -0.465 e. The third kappa shape index (κ3) is 2.47. The van der Waals surface area contributed by atoms with E-state index < -0.39 is 0 Å². The number of hydrogen-bond donors (Lipinski definition) is 0. The van der Waals surface area contributed by atoms with Gasteiger partial charge in [-0.2, -0.15) is 0 Å². The van der Waals surface area contributed by atoms with Gasteiger partial charge in [-0.25, -0.2) is 4.79 Å². The van der Waals surface area contributed by atoms with Gasteiger partial charge in [0.15, 0.2) is 0 Å². The summed E-state index contributed by atoms with van der Waals surface area (Å²) >= 11 is 0. The van der Waals surface area contributed by atoms with Gasteiger partial charge in [-0.05, 0) is 30.4 Å². The van der Waals surface area contributed by atoms with Crippen molar-refractivity contribution >= 4 is 5.97 Å². The van der Waals surface area contributed by atoms with Crippen molar-refractivity contribution in [1.82, 2.24) is 9.47 Å². The number of hydrogen-bond acceptors (Lipinski definition) is 3. The highest BCUT2D eigenvalue weighted by Gasteiger charge is 2.35. The maximum absolute atomic E-state index is 12.1. The lowest BCUT2D eigenvalue weighted by molar-refractivity contribution is 0.0599. The van der Waals surface area contributed by atoms with Gasteiger partial charge in [0.05, 0.1) is 18.7 Å². The van der Waals surface area contributed by atoms with Crippen LogP contribution in [0.4, 0.5) is 0 Å². The summed E-state index contributed by atoms with van der Waals surface area (Å²) in [6, 6.07) is 11.1. The molecule has 2 aliphatic rings. The van der Waals surface area contributed by atoms with Crippen LogP contribution in [0.25, 0.3) is 0 Å². The van der Waals surface area contributed by atoms with Crippen LogP contribution in [-0.2, 0) is 24.2 Å². The monoisotopic (exact) mass is 310 g/mol. The highest BCUT2D eigenvalue weighted by molar-refractivity contribution is 5.91. The molecular weight excluding hydrogens is 288 g/mol.